The van der Waals surface area contributed by atoms with Gasteiger partial charge >= 0.3 is 0 Å². The minimum atomic E-state index is -1.29. The van der Waals surface area contributed by atoms with Crippen LogP contribution in [0.1, 0.15) is 0 Å². The molecular weight excluding hydrogens is 308 g/mol. The van der Waals surface area contributed by atoms with Crippen molar-refractivity contribution in [3.63, 3.8) is 0 Å². The molecule has 10 heteroatoms. The Morgan fingerprint density at radius 3 is 1.05 bits per heavy atom. The number of β-amino-alcohol motifs (C(OH)–C–C–N with tert-alkyl or cyclic N) is 1. The van der Waals surface area contributed by atoms with Gasteiger partial charge in [0.2, 0.25) is 0 Å². The third-order valence-corrected chi connectivity index (χ3v) is 3.24. The molecule has 0 heterocycles. The molecule has 0 aliphatic carbocycles. The van der Waals surface area contributed by atoms with Crippen LogP contribution in [0.2, 0.25) is 0 Å². The van der Waals surface area contributed by atoms with E-state index in [4.69, 9.17) is 30.6 Å². The van der Waals surface area contributed by atoms with E-state index in [-0.39, 0.29) is 25.5 Å². The second-order valence-electron chi connectivity index (χ2n) is 4.92. The highest BCUT2D eigenvalue weighted by atomic mass is 35.5. The lowest BCUT2D eigenvalue weighted by molar-refractivity contribution is 0.0204. The van der Waals surface area contributed by atoms with Crippen LogP contribution in [0.25, 0.3) is 0 Å². The average Bonchev–Trinajstić information content (AvgIpc) is 2.51. The summed E-state index contributed by atoms with van der Waals surface area (Å²) < 4.78 is 0. The molecule has 0 amide bonds. The Labute approximate surface area is 129 Å². The highest BCUT2D eigenvalue weighted by Crippen LogP contribution is 2.03. The van der Waals surface area contributed by atoms with E-state index >= 15 is 0 Å². The van der Waals surface area contributed by atoms with Crippen LogP contribution in [0, 0.1) is 0 Å². The van der Waals surface area contributed by atoms with Crippen LogP contribution in [0.3, 0.4) is 0 Å². The molecule has 0 atom stereocenters. The van der Waals surface area contributed by atoms with Gasteiger partial charge in [-0.25, -0.2) is 0 Å². The fourth-order valence-electron chi connectivity index (χ4n) is 1.38. The number of aliphatic hydroxyl groups is 7. The molecule has 0 aromatic heterocycles. The summed E-state index contributed by atoms with van der Waals surface area (Å²) in [4.78, 5) is 0. The van der Waals surface area contributed by atoms with Crippen molar-refractivity contribution in [3.05, 3.63) is 0 Å². The zero-order valence-corrected chi connectivity index (χ0v) is 12.6. The summed E-state index contributed by atoms with van der Waals surface area (Å²) in [7, 11) is 0. The molecular formula is C11H27ClN2O7. The van der Waals surface area contributed by atoms with Crippen molar-refractivity contribution in [3.8, 4) is 0 Å². The predicted octanol–water partition coefficient (Wildman–Crippen LogP) is -4.62. The first-order chi connectivity index (χ1) is 9.46. The zero-order chi connectivity index (χ0) is 15.6. The number of hydrogen-bond donors (Lipinski definition) is 9. The van der Waals surface area contributed by atoms with E-state index in [0.29, 0.717) is 0 Å². The monoisotopic (exact) mass is 334 g/mol. The zero-order valence-electron chi connectivity index (χ0n) is 11.8. The first-order valence-corrected chi connectivity index (χ1v) is 6.30. The van der Waals surface area contributed by atoms with E-state index in [1.807, 2.05) is 0 Å². The van der Waals surface area contributed by atoms with Crippen LogP contribution in [-0.4, -0.2) is 106 Å². The summed E-state index contributed by atoms with van der Waals surface area (Å²) in [5.41, 5.74) is -2.58. The fourth-order valence-corrected chi connectivity index (χ4v) is 1.38. The molecule has 0 aliphatic heterocycles. The van der Waals surface area contributed by atoms with Gasteiger partial charge in [-0.05, 0) is 0 Å². The number of nitrogens with one attached hydrogen (secondary N) is 2. The summed E-state index contributed by atoms with van der Waals surface area (Å²) in [6.45, 7) is -3.13. The van der Waals surface area contributed by atoms with Gasteiger partial charge in [-0.2, -0.15) is 0 Å². The molecule has 0 fully saturated rings. The van der Waals surface area contributed by atoms with Crippen LogP contribution < -0.4 is 10.6 Å². The topological polar surface area (TPSA) is 166 Å². The maximum absolute atomic E-state index is 9.73. The van der Waals surface area contributed by atoms with Crippen molar-refractivity contribution in [2.45, 2.75) is 17.2 Å². The van der Waals surface area contributed by atoms with Gasteiger partial charge in [-0.1, -0.05) is 0 Å². The first kappa shape index (κ1) is 23.2. The highest BCUT2D eigenvalue weighted by Gasteiger charge is 2.30. The van der Waals surface area contributed by atoms with E-state index in [0.717, 1.165) is 0 Å². The van der Waals surface area contributed by atoms with Gasteiger partial charge in [0.05, 0.1) is 56.8 Å². The number of aliphatic hydroxyl groups excluding tert-OH is 7. The van der Waals surface area contributed by atoms with Crippen LogP contribution >= 0.6 is 12.4 Å². The van der Waals surface area contributed by atoms with E-state index in [1.54, 1.807) is 0 Å². The molecule has 0 spiro atoms. The Hall–Kier alpha value is -0.0700. The van der Waals surface area contributed by atoms with Crippen LogP contribution in [0.15, 0.2) is 0 Å². The first-order valence-electron chi connectivity index (χ1n) is 6.30. The number of rotatable bonds is 12. The van der Waals surface area contributed by atoms with Crippen molar-refractivity contribution >= 4 is 12.4 Å². The van der Waals surface area contributed by atoms with Crippen LogP contribution in [-0.2, 0) is 0 Å². The van der Waals surface area contributed by atoms with E-state index in [9.17, 15) is 5.11 Å². The smallest absolute Gasteiger partial charge is 0.0882 e. The van der Waals surface area contributed by atoms with Crippen molar-refractivity contribution in [2.24, 2.45) is 0 Å². The summed E-state index contributed by atoms with van der Waals surface area (Å²) in [6.07, 6.45) is -0.983. The van der Waals surface area contributed by atoms with Gasteiger partial charge in [-0.15, -0.1) is 12.4 Å². The molecule has 9 nitrogen and oxygen atoms in total. The second-order valence-corrected chi connectivity index (χ2v) is 4.92. The lowest BCUT2D eigenvalue weighted by Gasteiger charge is -2.32. The number of hydrogen-bond acceptors (Lipinski definition) is 9. The number of halogens is 1. The Kier molecular flexibility index (Phi) is 12.7. The largest absolute Gasteiger partial charge is 0.394 e. The third kappa shape index (κ3) is 7.15. The van der Waals surface area contributed by atoms with E-state index < -0.39 is 56.8 Å². The van der Waals surface area contributed by atoms with Gasteiger partial charge in [-0.3, -0.25) is 0 Å². The maximum atomic E-state index is 9.73. The molecule has 0 unspecified atom stereocenters. The predicted molar refractivity (Wildman–Crippen MR) is 77.2 cm³/mol. The SMILES string of the molecule is Cl.OCC(CO)(CO)NCC(O)CNC(CO)(CO)CO. The molecule has 0 bridgehead atoms. The normalized spacial score (nSPS) is 12.6. The molecule has 0 aromatic rings. The van der Waals surface area contributed by atoms with Gasteiger partial charge in [0.15, 0.2) is 0 Å². The van der Waals surface area contributed by atoms with Crippen LogP contribution in [0.4, 0.5) is 0 Å². The lowest BCUT2D eigenvalue weighted by Crippen LogP contribution is -2.60. The molecule has 0 aliphatic rings. The maximum Gasteiger partial charge on any atom is 0.0882 e. The fraction of sp³-hybridized carbons (Fsp3) is 1.00. The van der Waals surface area contributed by atoms with Gasteiger partial charge in [0, 0.05) is 13.1 Å². The average molecular weight is 335 g/mol. The molecule has 9 N–H and O–H groups in total. The molecule has 130 valence electrons. The molecule has 0 saturated carbocycles. The second kappa shape index (κ2) is 11.5. The summed E-state index contributed by atoms with van der Waals surface area (Å²) in [5.74, 6) is 0. The Morgan fingerprint density at radius 2 is 0.857 bits per heavy atom. The molecule has 21 heavy (non-hydrogen) atoms. The van der Waals surface area contributed by atoms with Crippen molar-refractivity contribution < 1.29 is 35.7 Å². The minimum absolute atomic E-state index is 0. The Bertz CT molecular complexity index is 212. The van der Waals surface area contributed by atoms with Crippen molar-refractivity contribution in [1.82, 2.24) is 10.6 Å². The quantitative estimate of drug-likeness (QED) is 0.171. The summed E-state index contributed by atoms with van der Waals surface area (Å²) >= 11 is 0. The van der Waals surface area contributed by atoms with Gasteiger partial charge in [0.25, 0.3) is 0 Å². The van der Waals surface area contributed by atoms with E-state index in [1.165, 1.54) is 0 Å². The van der Waals surface area contributed by atoms with Gasteiger partial charge in [0.1, 0.15) is 0 Å². The highest BCUT2D eigenvalue weighted by molar-refractivity contribution is 5.85. The van der Waals surface area contributed by atoms with E-state index in [2.05, 4.69) is 10.6 Å². The minimum Gasteiger partial charge on any atom is -0.394 e. The van der Waals surface area contributed by atoms with Gasteiger partial charge < -0.3 is 46.4 Å². The standard InChI is InChI=1S/C11H26N2O7.ClH/c14-3-10(4-15,5-16)12-1-9(20)2-13-11(6-17,7-18)8-19;/h9,12-20H,1-8H2;1H. The molecule has 0 saturated heterocycles. The molecule has 0 radical (unpaired) electrons. The lowest BCUT2D eigenvalue weighted by atomic mass is 10.0. The third-order valence-electron chi connectivity index (χ3n) is 3.24. The van der Waals surface area contributed by atoms with Crippen molar-refractivity contribution in [1.29, 1.82) is 0 Å². The summed E-state index contributed by atoms with van der Waals surface area (Å²) in [5, 5.41) is 69.5. The molecule has 0 rings (SSSR count). The van der Waals surface area contributed by atoms with Crippen molar-refractivity contribution in [2.75, 3.05) is 52.7 Å². The molecule has 0 aromatic carbocycles. The Balaban J connectivity index is 0. The van der Waals surface area contributed by atoms with Crippen LogP contribution in [0.5, 0.6) is 0 Å². The summed E-state index contributed by atoms with van der Waals surface area (Å²) in [6, 6.07) is 0. The Morgan fingerprint density at radius 1 is 0.619 bits per heavy atom.